The number of nitrogens with one attached hydrogen (secondary N) is 1. The van der Waals surface area contributed by atoms with Crippen LogP contribution in [0.2, 0.25) is 0 Å². The van der Waals surface area contributed by atoms with Crippen molar-refractivity contribution in [1.29, 1.82) is 0 Å². The maximum absolute atomic E-state index is 5.50. The van der Waals surface area contributed by atoms with Crippen molar-refractivity contribution in [2.24, 2.45) is 5.92 Å². The van der Waals surface area contributed by atoms with Gasteiger partial charge >= 0.3 is 12.0 Å². The van der Waals surface area contributed by atoms with E-state index in [4.69, 9.17) is 9.47 Å². The first-order valence-corrected chi connectivity index (χ1v) is 6.32. The molecule has 1 aromatic rings. The number of rotatable bonds is 8. The van der Waals surface area contributed by atoms with Gasteiger partial charge in [0.1, 0.15) is 0 Å². The zero-order chi connectivity index (χ0) is 13.4. The SMILES string of the molecule is CCNc1nc(OC)nc(OCCCC(C)C)n1. The van der Waals surface area contributed by atoms with Gasteiger partial charge in [-0.05, 0) is 25.7 Å². The number of anilines is 1. The van der Waals surface area contributed by atoms with Crippen LogP contribution in [-0.2, 0) is 0 Å². The van der Waals surface area contributed by atoms with Crippen LogP contribution in [0.3, 0.4) is 0 Å². The van der Waals surface area contributed by atoms with E-state index in [2.05, 4.69) is 34.1 Å². The van der Waals surface area contributed by atoms with Crippen LogP contribution in [0.4, 0.5) is 5.95 Å². The smallest absolute Gasteiger partial charge is 0.324 e. The molecule has 0 bridgehead atoms. The van der Waals surface area contributed by atoms with Crippen LogP contribution >= 0.6 is 0 Å². The molecule has 6 heteroatoms. The summed E-state index contributed by atoms with van der Waals surface area (Å²) in [6.45, 7) is 7.70. The standard InChI is InChI=1S/C12H22N4O2/c1-5-13-10-14-11(17-4)16-12(15-10)18-8-6-7-9(2)3/h9H,5-8H2,1-4H3,(H,13,14,15,16). The van der Waals surface area contributed by atoms with Gasteiger partial charge in [0.25, 0.3) is 0 Å². The summed E-state index contributed by atoms with van der Waals surface area (Å²) in [7, 11) is 1.52. The van der Waals surface area contributed by atoms with Gasteiger partial charge in [-0.3, -0.25) is 0 Å². The highest BCUT2D eigenvalue weighted by Crippen LogP contribution is 2.13. The molecule has 0 saturated carbocycles. The van der Waals surface area contributed by atoms with Crippen LogP contribution in [0, 0.1) is 5.92 Å². The summed E-state index contributed by atoms with van der Waals surface area (Å²) >= 11 is 0. The number of methoxy groups -OCH3 is 1. The Kier molecular flexibility index (Phi) is 6.18. The normalized spacial score (nSPS) is 10.5. The van der Waals surface area contributed by atoms with Crippen molar-refractivity contribution in [2.45, 2.75) is 33.6 Å². The second kappa shape index (κ2) is 7.68. The van der Waals surface area contributed by atoms with Gasteiger partial charge in [-0.25, -0.2) is 0 Å². The molecule has 0 aromatic carbocycles. The van der Waals surface area contributed by atoms with E-state index in [9.17, 15) is 0 Å². The Morgan fingerprint density at radius 2 is 1.89 bits per heavy atom. The van der Waals surface area contributed by atoms with Gasteiger partial charge in [-0.2, -0.15) is 9.97 Å². The Balaban J connectivity index is 2.55. The molecule has 1 rings (SSSR count). The Hall–Kier alpha value is -1.59. The minimum absolute atomic E-state index is 0.264. The van der Waals surface area contributed by atoms with E-state index < -0.39 is 0 Å². The molecular weight excluding hydrogens is 232 g/mol. The van der Waals surface area contributed by atoms with Gasteiger partial charge in [0.05, 0.1) is 13.7 Å². The van der Waals surface area contributed by atoms with Crippen LogP contribution in [0.1, 0.15) is 33.6 Å². The van der Waals surface area contributed by atoms with E-state index >= 15 is 0 Å². The first-order valence-electron chi connectivity index (χ1n) is 6.32. The van der Waals surface area contributed by atoms with Crippen LogP contribution in [0.25, 0.3) is 0 Å². The highest BCUT2D eigenvalue weighted by Gasteiger charge is 2.07. The zero-order valence-corrected chi connectivity index (χ0v) is 11.6. The fourth-order valence-electron chi connectivity index (χ4n) is 1.39. The third kappa shape index (κ3) is 5.16. The summed E-state index contributed by atoms with van der Waals surface area (Å²) in [6.07, 6.45) is 2.12. The molecule has 0 aliphatic heterocycles. The lowest BCUT2D eigenvalue weighted by atomic mass is 10.1. The van der Waals surface area contributed by atoms with Gasteiger partial charge in [0.2, 0.25) is 5.95 Å². The molecule has 0 spiro atoms. The van der Waals surface area contributed by atoms with Gasteiger partial charge in [-0.15, -0.1) is 4.98 Å². The van der Waals surface area contributed by atoms with Crippen molar-refractivity contribution in [3.8, 4) is 12.0 Å². The first kappa shape index (κ1) is 14.5. The van der Waals surface area contributed by atoms with Gasteiger partial charge in [-0.1, -0.05) is 13.8 Å². The first-order chi connectivity index (χ1) is 8.65. The van der Waals surface area contributed by atoms with Crippen molar-refractivity contribution in [1.82, 2.24) is 15.0 Å². The molecule has 0 saturated heterocycles. The third-order valence-electron chi connectivity index (χ3n) is 2.27. The van der Waals surface area contributed by atoms with Crippen molar-refractivity contribution in [3.05, 3.63) is 0 Å². The Labute approximate surface area is 108 Å². The molecule has 1 aromatic heterocycles. The molecule has 1 heterocycles. The van der Waals surface area contributed by atoms with E-state index in [1.807, 2.05) is 6.92 Å². The zero-order valence-electron chi connectivity index (χ0n) is 11.6. The van der Waals surface area contributed by atoms with Crippen molar-refractivity contribution < 1.29 is 9.47 Å². The monoisotopic (exact) mass is 254 g/mol. The lowest BCUT2D eigenvalue weighted by Gasteiger charge is -2.08. The Morgan fingerprint density at radius 1 is 1.17 bits per heavy atom. The minimum atomic E-state index is 0.264. The quantitative estimate of drug-likeness (QED) is 0.717. The number of hydrogen-bond acceptors (Lipinski definition) is 6. The summed E-state index contributed by atoms with van der Waals surface area (Å²) in [5.41, 5.74) is 0. The van der Waals surface area contributed by atoms with Gasteiger partial charge < -0.3 is 14.8 Å². The minimum Gasteiger partial charge on any atom is -0.467 e. The Morgan fingerprint density at radius 3 is 2.50 bits per heavy atom. The average molecular weight is 254 g/mol. The molecule has 0 aliphatic rings. The topological polar surface area (TPSA) is 69.2 Å². The largest absolute Gasteiger partial charge is 0.467 e. The lowest BCUT2D eigenvalue weighted by molar-refractivity contribution is 0.267. The van der Waals surface area contributed by atoms with E-state index in [1.165, 1.54) is 7.11 Å². The maximum atomic E-state index is 5.50. The molecule has 6 nitrogen and oxygen atoms in total. The highest BCUT2D eigenvalue weighted by molar-refractivity contribution is 5.27. The van der Waals surface area contributed by atoms with E-state index in [-0.39, 0.29) is 6.01 Å². The average Bonchev–Trinajstić information content (AvgIpc) is 2.34. The molecule has 1 N–H and O–H groups in total. The lowest BCUT2D eigenvalue weighted by Crippen LogP contribution is -2.08. The summed E-state index contributed by atoms with van der Waals surface area (Å²) in [4.78, 5) is 12.3. The molecule has 0 radical (unpaired) electrons. The molecule has 0 amide bonds. The second-order valence-electron chi connectivity index (χ2n) is 4.34. The van der Waals surface area contributed by atoms with Crippen molar-refractivity contribution in [2.75, 3.05) is 25.6 Å². The number of ether oxygens (including phenoxy) is 2. The molecular formula is C12H22N4O2. The van der Waals surface area contributed by atoms with Crippen LogP contribution in [0.15, 0.2) is 0 Å². The maximum Gasteiger partial charge on any atom is 0.324 e. The van der Waals surface area contributed by atoms with E-state index in [1.54, 1.807) is 0 Å². The summed E-state index contributed by atoms with van der Waals surface area (Å²) < 4.78 is 10.5. The van der Waals surface area contributed by atoms with Gasteiger partial charge in [0, 0.05) is 6.54 Å². The summed E-state index contributed by atoms with van der Waals surface area (Å²) in [5.74, 6) is 1.15. The summed E-state index contributed by atoms with van der Waals surface area (Å²) in [6, 6.07) is 0.571. The van der Waals surface area contributed by atoms with Crippen LogP contribution in [-0.4, -0.2) is 35.2 Å². The summed E-state index contributed by atoms with van der Waals surface area (Å²) in [5, 5.41) is 3.01. The molecule has 0 aliphatic carbocycles. The molecule has 102 valence electrons. The fraction of sp³-hybridized carbons (Fsp3) is 0.750. The fourth-order valence-corrected chi connectivity index (χ4v) is 1.39. The predicted octanol–water partition coefficient (Wildman–Crippen LogP) is 2.13. The van der Waals surface area contributed by atoms with E-state index in [0.29, 0.717) is 24.5 Å². The van der Waals surface area contributed by atoms with E-state index in [0.717, 1.165) is 19.4 Å². The third-order valence-corrected chi connectivity index (χ3v) is 2.27. The molecule has 0 unspecified atom stereocenters. The van der Waals surface area contributed by atoms with Gasteiger partial charge in [0.15, 0.2) is 0 Å². The highest BCUT2D eigenvalue weighted by atomic mass is 16.5. The van der Waals surface area contributed by atoms with Crippen LogP contribution < -0.4 is 14.8 Å². The van der Waals surface area contributed by atoms with Crippen molar-refractivity contribution >= 4 is 5.95 Å². The predicted molar refractivity (Wildman–Crippen MR) is 70.1 cm³/mol. The number of nitrogens with zero attached hydrogens (tertiary/aromatic N) is 3. The Bertz CT molecular complexity index is 358. The number of aromatic nitrogens is 3. The molecule has 18 heavy (non-hydrogen) atoms. The van der Waals surface area contributed by atoms with Crippen molar-refractivity contribution in [3.63, 3.8) is 0 Å². The molecule has 0 fully saturated rings. The second-order valence-corrected chi connectivity index (χ2v) is 4.34. The molecule has 0 atom stereocenters. The number of hydrogen-bond donors (Lipinski definition) is 1. The van der Waals surface area contributed by atoms with Crippen LogP contribution in [0.5, 0.6) is 12.0 Å².